The molecule has 1 aliphatic carbocycles. The third kappa shape index (κ3) is 4.02. The van der Waals surface area contributed by atoms with Crippen LogP contribution < -0.4 is 10.1 Å². The maximum atomic E-state index is 15.1. The predicted octanol–water partition coefficient (Wildman–Crippen LogP) is 3.07. The summed E-state index contributed by atoms with van der Waals surface area (Å²) < 4.78 is 27.0. The molecule has 0 spiro atoms. The van der Waals surface area contributed by atoms with E-state index in [2.05, 4.69) is 18.0 Å². The number of benzene rings is 1. The van der Waals surface area contributed by atoms with E-state index in [9.17, 15) is 4.79 Å². The summed E-state index contributed by atoms with van der Waals surface area (Å²) in [5, 5.41) is 20.0. The Labute approximate surface area is 181 Å². The number of hydrogen-bond acceptors (Lipinski definition) is 5. The molecule has 7 nitrogen and oxygen atoms in total. The Morgan fingerprint density at radius 1 is 1.52 bits per heavy atom. The van der Waals surface area contributed by atoms with Crippen molar-refractivity contribution >= 4 is 11.9 Å². The predicted molar refractivity (Wildman–Crippen MR) is 112 cm³/mol. The highest BCUT2D eigenvalue weighted by Gasteiger charge is 2.56. The quantitative estimate of drug-likeness (QED) is 0.653. The van der Waals surface area contributed by atoms with Gasteiger partial charge < -0.3 is 14.8 Å². The lowest BCUT2D eigenvalue weighted by Gasteiger charge is -2.51. The van der Waals surface area contributed by atoms with E-state index >= 15 is 4.39 Å². The molecule has 0 aromatic heterocycles. The van der Waals surface area contributed by atoms with Gasteiger partial charge in [-0.15, -0.1) is 0 Å². The Bertz CT molecular complexity index is 955. The molecule has 0 unspecified atom stereocenters. The zero-order valence-corrected chi connectivity index (χ0v) is 17.6. The molecule has 3 fully saturated rings. The van der Waals surface area contributed by atoms with E-state index in [1.807, 2.05) is 0 Å². The van der Waals surface area contributed by atoms with Gasteiger partial charge in [-0.3, -0.25) is 15.1 Å². The minimum Gasteiger partial charge on any atom is -0.489 e. The standard InChI is InChI=1S/C23H27FN4O3/c1-14(4-3-9-25)12-30-16-7-8-19(24)17(10-16)23-13-31-20(15-5-6-15)11-18(23)21(29)28(2)22(26)27-23/h7-8,10,15,18,20H,1,3-6,11-13H2,2H3,(H2,26,27)/t18-,20+,23+/m0/s1. The molecule has 164 valence electrons. The Hall–Kier alpha value is -2.92. The van der Waals surface area contributed by atoms with Gasteiger partial charge in [-0.1, -0.05) is 6.58 Å². The number of nitrogens with zero attached hydrogens (tertiary/aromatic N) is 2. The summed E-state index contributed by atoms with van der Waals surface area (Å²) >= 11 is 0. The zero-order valence-electron chi connectivity index (χ0n) is 17.6. The highest BCUT2D eigenvalue weighted by atomic mass is 19.1. The molecule has 31 heavy (non-hydrogen) atoms. The third-order valence-electron chi connectivity index (χ3n) is 6.49. The van der Waals surface area contributed by atoms with Crippen LogP contribution in [-0.4, -0.2) is 43.1 Å². The summed E-state index contributed by atoms with van der Waals surface area (Å²) in [6.07, 6.45) is 3.55. The van der Waals surface area contributed by atoms with E-state index in [4.69, 9.17) is 20.1 Å². The van der Waals surface area contributed by atoms with Crippen molar-refractivity contribution in [3.05, 3.63) is 41.7 Å². The highest BCUT2D eigenvalue weighted by Crippen LogP contribution is 2.47. The number of carbonyl (C=O) groups is 1. The number of amides is 1. The summed E-state index contributed by atoms with van der Waals surface area (Å²) in [5.41, 5.74) is -0.128. The van der Waals surface area contributed by atoms with Crippen LogP contribution in [-0.2, 0) is 15.1 Å². The minimum absolute atomic E-state index is 0.0180. The molecule has 1 amide bonds. The molecular weight excluding hydrogens is 399 g/mol. The maximum absolute atomic E-state index is 15.1. The lowest BCUT2D eigenvalue weighted by molar-refractivity contribution is -0.150. The van der Waals surface area contributed by atoms with Gasteiger partial charge in [0.05, 0.1) is 24.7 Å². The first kappa shape index (κ1) is 21.3. The van der Waals surface area contributed by atoms with Gasteiger partial charge in [0.2, 0.25) is 5.91 Å². The van der Waals surface area contributed by atoms with Crippen molar-refractivity contribution in [2.24, 2.45) is 11.8 Å². The van der Waals surface area contributed by atoms with Crippen molar-refractivity contribution in [2.75, 3.05) is 20.3 Å². The van der Waals surface area contributed by atoms with Crippen molar-refractivity contribution < 1.29 is 18.7 Å². The third-order valence-corrected chi connectivity index (χ3v) is 6.49. The van der Waals surface area contributed by atoms with Gasteiger partial charge in [-0.2, -0.15) is 5.26 Å². The number of fused-ring (bicyclic) bond motifs is 1. The number of nitrogens with one attached hydrogen (secondary N) is 2. The molecule has 2 heterocycles. The average Bonchev–Trinajstić information content (AvgIpc) is 3.61. The van der Waals surface area contributed by atoms with Crippen molar-refractivity contribution in [2.45, 2.75) is 43.7 Å². The number of nitriles is 1. The fraction of sp³-hybridized carbons (Fsp3) is 0.522. The Kier molecular flexibility index (Phi) is 5.71. The van der Waals surface area contributed by atoms with Crippen LogP contribution in [0.5, 0.6) is 5.75 Å². The van der Waals surface area contributed by atoms with E-state index in [1.54, 1.807) is 13.1 Å². The van der Waals surface area contributed by atoms with Crippen LogP contribution in [0.2, 0.25) is 0 Å². The van der Waals surface area contributed by atoms with Crippen LogP contribution >= 0.6 is 0 Å². The van der Waals surface area contributed by atoms with Gasteiger partial charge in [0.15, 0.2) is 5.96 Å². The van der Waals surface area contributed by atoms with Gasteiger partial charge in [-0.05, 0) is 55.4 Å². The van der Waals surface area contributed by atoms with E-state index in [1.165, 1.54) is 17.0 Å². The fourth-order valence-corrected chi connectivity index (χ4v) is 4.47. The highest BCUT2D eigenvalue weighted by molar-refractivity contribution is 6.00. The number of ether oxygens (including phenoxy) is 2. The van der Waals surface area contributed by atoms with Crippen molar-refractivity contribution in [3.63, 3.8) is 0 Å². The summed E-state index contributed by atoms with van der Waals surface area (Å²) in [5.74, 6) is -0.408. The van der Waals surface area contributed by atoms with Gasteiger partial charge in [0.1, 0.15) is 23.7 Å². The first-order chi connectivity index (χ1) is 14.9. The monoisotopic (exact) mass is 426 g/mol. The number of halogens is 1. The summed E-state index contributed by atoms with van der Waals surface area (Å²) in [6, 6.07) is 6.50. The van der Waals surface area contributed by atoms with Gasteiger partial charge >= 0.3 is 0 Å². The van der Waals surface area contributed by atoms with Crippen LogP contribution in [0, 0.1) is 34.4 Å². The molecule has 1 aromatic rings. The van der Waals surface area contributed by atoms with Crippen LogP contribution in [0.4, 0.5) is 4.39 Å². The van der Waals surface area contributed by atoms with Gasteiger partial charge in [0, 0.05) is 19.0 Å². The molecule has 1 aromatic carbocycles. The second-order valence-electron chi connectivity index (χ2n) is 8.66. The summed E-state index contributed by atoms with van der Waals surface area (Å²) in [7, 11) is 1.56. The first-order valence-electron chi connectivity index (χ1n) is 10.6. The van der Waals surface area contributed by atoms with Crippen molar-refractivity contribution in [1.82, 2.24) is 10.2 Å². The molecule has 0 bridgehead atoms. The smallest absolute Gasteiger partial charge is 0.235 e. The SMILES string of the molecule is C=C(CCC#N)COc1ccc(F)c([C@]23CO[C@@H](C4CC4)C[C@H]2C(=O)N(C)C(=N)N3)c1. The lowest BCUT2D eigenvalue weighted by atomic mass is 9.71. The summed E-state index contributed by atoms with van der Waals surface area (Å²) in [6.45, 7) is 4.22. The van der Waals surface area contributed by atoms with E-state index in [-0.39, 0.29) is 36.7 Å². The van der Waals surface area contributed by atoms with Crippen LogP contribution in [0.1, 0.15) is 37.7 Å². The van der Waals surface area contributed by atoms with Crippen LogP contribution in [0.25, 0.3) is 0 Å². The number of guanidine groups is 1. The second kappa shape index (κ2) is 8.31. The topological polar surface area (TPSA) is 98.4 Å². The molecule has 2 aliphatic heterocycles. The summed E-state index contributed by atoms with van der Waals surface area (Å²) in [4.78, 5) is 14.4. The number of hydrogen-bond donors (Lipinski definition) is 2. The number of carbonyl (C=O) groups excluding carboxylic acids is 1. The number of rotatable bonds is 7. The largest absolute Gasteiger partial charge is 0.489 e. The molecular formula is C23H27FN4O3. The Morgan fingerprint density at radius 2 is 2.29 bits per heavy atom. The first-order valence-corrected chi connectivity index (χ1v) is 10.6. The molecule has 8 heteroatoms. The van der Waals surface area contributed by atoms with E-state index in [0.29, 0.717) is 30.9 Å². The van der Waals surface area contributed by atoms with E-state index < -0.39 is 17.3 Å². The molecule has 3 atom stereocenters. The maximum Gasteiger partial charge on any atom is 0.235 e. The molecule has 2 N–H and O–H groups in total. The zero-order chi connectivity index (χ0) is 22.2. The van der Waals surface area contributed by atoms with Crippen LogP contribution in [0.15, 0.2) is 30.4 Å². The average molecular weight is 426 g/mol. The van der Waals surface area contributed by atoms with E-state index in [0.717, 1.165) is 18.4 Å². The molecule has 2 saturated heterocycles. The van der Waals surface area contributed by atoms with Crippen molar-refractivity contribution in [1.29, 1.82) is 10.7 Å². The molecule has 1 saturated carbocycles. The Morgan fingerprint density at radius 3 is 3.00 bits per heavy atom. The Balaban J connectivity index is 1.63. The lowest BCUT2D eigenvalue weighted by Crippen LogP contribution is -2.69. The molecule has 4 rings (SSSR count). The van der Waals surface area contributed by atoms with Gasteiger partial charge in [0.25, 0.3) is 0 Å². The second-order valence-corrected chi connectivity index (χ2v) is 8.66. The van der Waals surface area contributed by atoms with Crippen LogP contribution in [0.3, 0.4) is 0 Å². The van der Waals surface area contributed by atoms with Gasteiger partial charge in [-0.25, -0.2) is 4.39 Å². The normalized spacial score (nSPS) is 27.8. The molecule has 3 aliphatic rings. The van der Waals surface area contributed by atoms with Crippen molar-refractivity contribution in [3.8, 4) is 11.8 Å². The minimum atomic E-state index is -1.16. The molecule has 0 radical (unpaired) electrons. The fourth-order valence-electron chi connectivity index (χ4n) is 4.47.